The number of rotatable bonds is 5. The molecule has 0 unspecified atom stereocenters. The summed E-state index contributed by atoms with van der Waals surface area (Å²) in [4.78, 5) is 4.30. The molecule has 20 heavy (non-hydrogen) atoms. The summed E-state index contributed by atoms with van der Waals surface area (Å²) in [5.41, 5.74) is 2.47. The fourth-order valence-electron chi connectivity index (χ4n) is 1.88. The normalized spacial score (nSPS) is 10.3. The number of hydrogen-bond acceptors (Lipinski definition) is 5. The molecule has 0 radical (unpaired) electrons. The molecule has 0 spiro atoms. The number of ether oxygens (including phenoxy) is 1. The maximum atomic E-state index is 9.04. The molecule has 0 saturated carbocycles. The van der Waals surface area contributed by atoms with Gasteiger partial charge in [-0.3, -0.25) is 0 Å². The van der Waals surface area contributed by atoms with Crippen molar-refractivity contribution in [2.45, 2.75) is 26.9 Å². The molecule has 0 aliphatic heterocycles. The fourth-order valence-corrected chi connectivity index (χ4v) is 1.88. The molecule has 1 aromatic heterocycles. The van der Waals surface area contributed by atoms with E-state index in [1.165, 1.54) is 0 Å². The highest BCUT2D eigenvalue weighted by molar-refractivity contribution is 5.45. The van der Waals surface area contributed by atoms with Gasteiger partial charge in [0.05, 0.1) is 24.9 Å². The number of nitrogens with zero attached hydrogens (tertiary/aromatic N) is 2. The first-order valence-corrected chi connectivity index (χ1v) is 6.34. The third-order valence-electron chi connectivity index (χ3n) is 3.06. The second-order valence-corrected chi connectivity index (χ2v) is 4.50. The van der Waals surface area contributed by atoms with Crippen molar-refractivity contribution in [2.75, 3.05) is 7.11 Å². The van der Waals surface area contributed by atoms with Crippen molar-refractivity contribution in [2.24, 2.45) is 0 Å². The summed E-state index contributed by atoms with van der Waals surface area (Å²) < 4.78 is 10.6. The van der Waals surface area contributed by atoms with Gasteiger partial charge in [-0.2, -0.15) is 5.26 Å². The average Bonchev–Trinajstić information content (AvgIpc) is 2.77. The number of methoxy groups -OCH3 is 1. The van der Waals surface area contributed by atoms with Gasteiger partial charge in [0.2, 0.25) is 5.89 Å². The number of hydrogen-bond donors (Lipinski definition) is 1. The van der Waals surface area contributed by atoms with Crippen LogP contribution in [0.3, 0.4) is 0 Å². The van der Waals surface area contributed by atoms with Gasteiger partial charge in [0, 0.05) is 6.54 Å². The topological polar surface area (TPSA) is 71.1 Å². The summed E-state index contributed by atoms with van der Waals surface area (Å²) in [5.74, 6) is 2.11. The van der Waals surface area contributed by atoms with Gasteiger partial charge < -0.3 is 14.5 Å². The molecule has 0 aliphatic carbocycles. The van der Waals surface area contributed by atoms with Crippen LogP contribution in [0.4, 0.5) is 0 Å². The molecular formula is C15H17N3O2. The average molecular weight is 271 g/mol. The van der Waals surface area contributed by atoms with Crippen LogP contribution in [-0.4, -0.2) is 12.1 Å². The zero-order valence-electron chi connectivity index (χ0n) is 11.9. The lowest BCUT2D eigenvalue weighted by atomic mass is 10.1. The Hall–Kier alpha value is -2.32. The van der Waals surface area contributed by atoms with Crippen LogP contribution in [0.1, 0.15) is 28.5 Å². The highest BCUT2D eigenvalue weighted by Crippen LogP contribution is 2.18. The number of oxazole rings is 1. The molecule has 0 saturated heterocycles. The fraction of sp³-hybridized carbons (Fsp3) is 0.333. The van der Waals surface area contributed by atoms with E-state index in [2.05, 4.69) is 16.4 Å². The molecular weight excluding hydrogens is 254 g/mol. The van der Waals surface area contributed by atoms with E-state index in [-0.39, 0.29) is 0 Å². The Morgan fingerprint density at radius 3 is 2.75 bits per heavy atom. The third kappa shape index (κ3) is 3.16. The van der Waals surface area contributed by atoms with E-state index in [0.717, 1.165) is 17.0 Å². The molecule has 5 heteroatoms. The minimum absolute atomic E-state index is 0.537. The van der Waals surface area contributed by atoms with E-state index < -0.39 is 0 Å². The summed E-state index contributed by atoms with van der Waals surface area (Å²) in [7, 11) is 1.56. The number of aromatic nitrogens is 1. The molecule has 0 fully saturated rings. The van der Waals surface area contributed by atoms with Gasteiger partial charge in [0.25, 0.3) is 0 Å². The zero-order valence-corrected chi connectivity index (χ0v) is 11.9. The Bertz CT molecular complexity index is 622. The highest BCUT2D eigenvalue weighted by Gasteiger charge is 2.06. The van der Waals surface area contributed by atoms with Gasteiger partial charge in [0.1, 0.15) is 17.6 Å². The van der Waals surface area contributed by atoms with Crippen LogP contribution in [0.25, 0.3) is 0 Å². The maximum Gasteiger partial charge on any atom is 0.208 e. The predicted octanol–water partition coefficient (Wildman–Crippen LogP) is 2.46. The Kier molecular flexibility index (Phi) is 4.38. The van der Waals surface area contributed by atoms with Crippen molar-refractivity contribution in [3.63, 3.8) is 0 Å². The molecule has 0 amide bonds. The quantitative estimate of drug-likeness (QED) is 0.904. The molecule has 5 nitrogen and oxygen atoms in total. The molecule has 104 valence electrons. The number of benzene rings is 1. The van der Waals surface area contributed by atoms with E-state index in [4.69, 9.17) is 14.4 Å². The van der Waals surface area contributed by atoms with E-state index in [1.807, 2.05) is 26.0 Å². The Labute approximate surface area is 118 Å². The SMILES string of the molecule is COc1ccc(CNCc2nc(C)c(C)o2)cc1C#N. The number of aryl methyl sites for hydroxylation is 2. The van der Waals surface area contributed by atoms with Gasteiger partial charge in [-0.05, 0) is 31.5 Å². The molecule has 1 aromatic carbocycles. The van der Waals surface area contributed by atoms with Gasteiger partial charge in [0.15, 0.2) is 0 Å². The van der Waals surface area contributed by atoms with Crippen LogP contribution in [0, 0.1) is 25.2 Å². The van der Waals surface area contributed by atoms with Crippen molar-refractivity contribution >= 4 is 0 Å². The van der Waals surface area contributed by atoms with Gasteiger partial charge >= 0.3 is 0 Å². The van der Waals surface area contributed by atoms with E-state index >= 15 is 0 Å². The smallest absolute Gasteiger partial charge is 0.208 e. The first kappa shape index (κ1) is 14.1. The lowest BCUT2D eigenvalue weighted by Crippen LogP contribution is -2.13. The van der Waals surface area contributed by atoms with Crippen LogP contribution in [0.5, 0.6) is 5.75 Å². The largest absolute Gasteiger partial charge is 0.495 e. The molecule has 2 aromatic rings. The highest BCUT2D eigenvalue weighted by atomic mass is 16.5. The van der Waals surface area contributed by atoms with E-state index in [9.17, 15) is 0 Å². The summed E-state index contributed by atoms with van der Waals surface area (Å²) >= 11 is 0. The van der Waals surface area contributed by atoms with Crippen molar-refractivity contribution < 1.29 is 9.15 Å². The second-order valence-electron chi connectivity index (χ2n) is 4.50. The molecule has 1 N–H and O–H groups in total. The van der Waals surface area contributed by atoms with E-state index in [0.29, 0.717) is 30.3 Å². The van der Waals surface area contributed by atoms with Crippen molar-refractivity contribution in [1.29, 1.82) is 5.26 Å². The van der Waals surface area contributed by atoms with Crippen LogP contribution in [0.2, 0.25) is 0 Å². The summed E-state index contributed by atoms with van der Waals surface area (Å²) in [6.07, 6.45) is 0. The molecule has 2 rings (SSSR count). The number of nitriles is 1. The summed E-state index contributed by atoms with van der Waals surface area (Å²) in [6, 6.07) is 7.67. The second kappa shape index (κ2) is 6.22. The first-order valence-electron chi connectivity index (χ1n) is 6.34. The zero-order chi connectivity index (χ0) is 14.5. The minimum atomic E-state index is 0.537. The maximum absolute atomic E-state index is 9.04. The van der Waals surface area contributed by atoms with Crippen LogP contribution < -0.4 is 10.1 Å². The lowest BCUT2D eigenvalue weighted by molar-refractivity contribution is 0.413. The van der Waals surface area contributed by atoms with Crippen LogP contribution >= 0.6 is 0 Å². The van der Waals surface area contributed by atoms with Crippen molar-refractivity contribution in [1.82, 2.24) is 10.3 Å². The minimum Gasteiger partial charge on any atom is -0.495 e. The molecule has 0 bridgehead atoms. The standard InChI is InChI=1S/C15H17N3O2/c1-10-11(2)20-15(18-10)9-17-8-12-4-5-14(19-3)13(6-12)7-16/h4-6,17H,8-9H2,1-3H3. The van der Waals surface area contributed by atoms with Gasteiger partial charge in [-0.15, -0.1) is 0 Å². The summed E-state index contributed by atoms with van der Waals surface area (Å²) in [6.45, 7) is 5.02. The lowest BCUT2D eigenvalue weighted by Gasteiger charge is -2.06. The Morgan fingerprint density at radius 2 is 2.15 bits per heavy atom. The van der Waals surface area contributed by atoms with Crippen LogP contribution in [0.15, 0.2) is 22.6 Å². The third-order valence-corrected chi connectivity index (χ3v) is 3.06. The Balaban J connectivity index is 1.96. The first-order chi connectivity index (χ1) is 9.63. The van der Waals surface area contributed by atoms with Crippen LogP contribution in [-0.2, 0) is 13.1 Å². The molecule has 1 heterocycles. The van der Waals surface area contributed by atoms with Crippen molar-refractivity contribution in [3.05, 3.63) is 46.7 Å². The van der Waals surface area contributed by atoms with Gasteiger partial charge in [-0.25, -0.2) is 4.98 Å². The summed E-state index contributed by atoms with van der Waals surface area (Å²) in [5, 5.41) is 12.3. The van der Waals surface area contributed by atoms with Gasteiger partial charge in [-0.1, -0.05) is 6.07 Å². The van der Waals surface area contributed by atoms with Crippen molar-refractivity contribution in [3.8, 4) is 11.8 Å². The Morgan fingerprint density at radius 1 is 1.35 bits per heavy atom. The molecule has 0 atom stereocenters. The molecule has 0 aliphatic rings. The van der Waals surface area contributed by atoms with E-state index in [1.54, 1.807) is 13.2 Å². The monoisotopic (exact) mass is 271 g/mol. The predicted molar refractivity (Wildman–Crippen MR) is 74.2 cm³/mol. The number of nitrogens with one attached hydrogen (secondary N) is 1.